The van der Waals surface area contributed by atoms with Gasteiger partial charge in [0.05, 0.1) is 5.02 Å². The highest BCUT2D eigenvalue weighted by atomic mass is 79.9. The minimum Gasteiger partial charge on any atom is -0.0833 e. The molecule has 0 bridgehead atoms. The second kappa shape index (κ2) is 5.35. The molecule has 0 unspecified atom stereocenters. The smallest absolute Gasteiger partial charge is 0.0531 e. The Bertz CT molecular complexity index is 472. The second-order valence-electron chi connectivity index (χ2n) is 3.42. The molecule has 0 N–H and O–H groups in total. The maximum Gasteiger partial charge on any atom is 0.0531 e. The molecule has 1 radical (unpaired) electrons. The van der Waals surface area contributed by atoms with Crippen LogP contribution in [0.2, 0.25) is 5.02 Å². The van der Waals surface area contributed by atoms with Gasteiger partial charge in [-0.25, -0.2) is 0 Å². The second-order valence-corrected chi connectivity index (χ2v) is 5.57. The average molecular weight is 359 g/mol. The largest absolute Gasteiger partial charge is 0.0833 e. The summed E-state index contributed by atoms with van der Waals surface area (Å²) in [5.41, 5.74) is 2.30. The first-order valence-electron chi connectivity index (χ1n) is 4.76. The van der Waals surface area contributed by atoms with Crippen LogP contribution in [-0.4, -0.2) is 0 Å². The molecule has 0 saturated heterocycles. The van der Waals surface area contributed by atoms with Crippen molar-refractivity contribution >= 4 is 43.5 Å². The molecular weight excluding hydrogens is 351 g/mol. The van der Waals surface area contributed by atoms with Gasteiger partial charge in [-0.15, -0.1) is 0 Å². The fourth-order valence-corrected chi connectivity index (χ4v) is 2.53. The van der Waals surface area contributed by atoms with E-state index in [1.54, 1.807) is 0 Å². The van der Waals surface area contributed by atoms with Crippen molar-refractivity contribution in [3.8, 4) is 0 Å². The van der Waals surface area contributed by atoms with Crippen molar-refractivity contribution in [1.29, 1.82) is 0 Å². The van der Waals surface area contributed by atoms with E-state index in [9.17, 15) is 0 Å². The summed E-state index contributed by atoms with van der Waals surface area (Å²) in [6.07, 6.45) is 0.810. The minimum absolute atomic E-state index is 0.678. The average Bonchev–Trinajstić information content (AvgIpc) is 2.26. The number of benzene rings is 2. The molecular formula is C13H8Br2Cl. The molecule has 16 heavy (non-hydrogen) atoms. The van der Waals surface area contributed by atoms with Crippen LogP contribution in [0, 0.1) is 6.07 Å². The van der Waals surface area contributed by atoms with Crippen LogP contribution in [0.5, 0.6) is 0 Å². The lowest BCUT2D eigenvalue weighted by Gasteiger charge is -2.06. The monoisotopic (exact) mass is 357 g/mol. The van der Waals surface area contributed by atoms with Crippen molar-refractivity contribution in [2.75, 3.05) is 0 Å². The third-order valence-electron chi connectivity index (χ3n) is 2.29. The summed E-state index contributed by atoms with van der Waals surface area (Å²) in [5, 5.41) is 0.678. The summed E-state index contributed by atoms with van der Waals surface area (Å²) in [5.74, 6) is 0. The zero-order valence-electron chi connectivity index (χ0n) is 8.31. The summed E-state index contributed by atoms with van der Waals surface area (Å²) < 4.78 is 2.11. The van der Waals surface area contributed by atoms with E-state index in [-0.39, 0.29) is 0 Å². The Kier molecular flexibility index (Phi) is 4.06. The number of halogens is 3. The maximum absolute atomic E-state index is 6.12. The summed E-state index contributed by atoms with van der Waals surface area (Å²) in [6.45, 7) is 0. The van der Waals surface area contributed by atoms with Crippen molar-refractivity contribution in [1.82, 2.24) is 0 Å². The molecule has 0 saturated carbocycles. The first-order chi connectivity index (χ1) is 7.66. The summed E-state index contributed by atoms with van der Waals surface area (Å²) >= 11 is 13.0. The first-order valence-corrected chi connectivity index (χ1v) is 6.72. The fraction of sp³-hybridized carbons (Fsp3) is 0.0769. The van der Waals surface area contributed by atoms with Crippen LogP contribution in [0.4, 0.5) is 0 Å². The molecule has 0 aromatic heterocycles. The van der Waals surface area contributed by atoms with E-state index in [1.165, 1.54) is 5.56 Å². The van der Waals surface area contributed by atoms with Crippen LogP contribution in [0.15, 0.2) is 45.3 Å². The summed E-state index contributed by atoms with van der Waals surface area (Å²) in [7, 11) is 0. The molecule has 0 aliphatic rings. The Morgan fingerprint density at radius 2 is 1.75 bits per heavy atom. The molecule has 2 aromatic rings. The molecule has 0 aliphatic heterocycles. The SMILES string of the molecule is Clc1[c]ccc(Br)c1Cc1ccc(Br)cc1. The van der Waals surface area contributed by atoms with Crippen LogP contribution in [-0.2, 0) is 6.42 Å². The van der Waals surface area contributed by atoms with Crippen molar-refractivity contribution in [3.63, 3.8) is 0 Å². The van der Waals surface area contributed by atoms with E-state index in [0.717, 1.165) is 20.9 Å². The van der Waals surface area contributed by atoms with Crippen LogP contribution < -0.4 is 0 Å². The molecule has 0 heterocycles. The van der Waals surface area contributed by atoms with Crippen LogP contribution in [0.25, 0.3) is 0 Å². The van der Waals surface area contributed by atoms with Crippen molar-refractivity contribution in [3.05, 3.63) is 67.6 Å². The van der Waals surface area contributed by atoms with Gasteiger partial charge in [0.15, 0.2) is 0 Å². The van der Waals surface area contributed by atoms with Gasteiger partial charge < -0.3 is 0 Å². The Labute approximate surface area is 117 Å². The first kappa shape index (κ1) is 12.2. The fourth-order valence-electron chi connectivity index (χ4n) is 1.45. The van der Waals surface area contributed by atoms with E-state index in [1.807, 2.05) is 24.3 Å². The Morgan fingerprint density at radius 1 is 1.06 bits per heavy atom. The van der Waals surface area contributed by atoms with Gasteiger partial charge in [0.25, 0.3) is 0 Å². The lowest BCUT2D eigenvalue weighted by atomic mass is 10.1. The molecule has 0 amide bonds. The molecule has 0 atom stereocenters. The zero-order valence-corrected chi connectivity index (χ0v) is 12.2. The van der Waals surface area contributed by atoms with Gasteiger partial charge in [-0.2, -0.15) is 0 Å². The van der Waals surface area contributed by atoms with Gasteiger partial charge in [0.2, 0.25) is 0 Å². The molecule has 2 rings (SSSR count). The van der Waals surface area contributed by atoms with E-state index in [4.69, 9.17) is 11.6 Å². The Balaban J connectivity index is 2.30. The van der Waals surface area contributed by atoms with Crippen molar-refractivity contribution in [2.45, 2.75) is 6.42 Å². The van der Waals surface area contributed by atoms with E-state index < -0.39 is 0 Å². The number of rotatable bonds is 2. The summed E-state index contributed by atoms with van der Waals surface area (Å²) in [6, 6.07) is 15.0. The normalized spacial score (nSPS) is 10.4. The predicted molar refractivity (Wildman–Crippen MR) is 74.9 cm³/mol. The third-order valence-corrected chi connectivity index (χ3v) is 3.90. The van der Waals surface area contributed by atoms with Gasteiger partial charge in [0, 0.05) is 21.4 Å². The van der Waals surface area contributed by atoms with Gasteiger partial charge in [0.1, 0.15) is 0 Å². The molecule has 2 aromatic carbocycles. The van der Waals surface area contributed by atoms with Crippen molar-refractivity contribution in [2.24, 2.45) is 0 Å². The lowest BCUT2D eigenvalue weighted by molar-refractivity contribution is 1.18. The maximum atomic E-state index is 6.12. The van der Waals surface area contributed by atoms with E-state index in [2.05, 4.69) is 50.1 Å². The van der Waals surface area contributed by atoms with E-state index >= 15 is 0 Å². The van der Waals surface area contributed by atoms with Crippen molar-refractivity contribution < 1.29 is 0 Å². The topological polar surface area (TPSA) is 0 Å². The molecule has 0 fully saturated rings. The highest BCUT2D eigenvalue weighted by Gasteiger charge is 2.06. The number of hydrogen-bond donors (Lipinski definition) is 0. The Morgan fingerprint density at radius 3 is 2.38 bits per heavy atom. The van der Waals surface area contributed by atoms with Crippen LogP contribution in [0.3, 0.4) is 0 Å². The standard InChI is InChI=1S/C13H8Br2Cl/c14-10-6-4-9(5-7-10)8-11-12(15)2-1-3-13(11)16/h1-2,4-7H,8H2. The van der Waals surface area contributed by atoms with Crippen LogP contribution in [0.1, 0.15) is 11.1 Å². The van der Waals surface area contributed by atoms with E-state index in [0.29, 0.717) is 5.02 Å². The molecule has 0 aliphatic carbocycles. The zero-order chi connectivity index (χ0) is 11.5. The summed E-state index contributed by atoms with van der Waals surface area (Å²) in [4.78, 5) is 0. The number of hydrogen-bond acceptors (Lipinski definition) is 0. The van der Waals surface area contributed by atoms with Gasteiger partial charge in [-0.05, 0) is 29.3 Å². The van der Waals surface area contributed by atoms with Gasteiger partial charge >= 0.3 is 0 Å². The highest BCUT2D eigenvalue weighted by Crippen LogP contribution is 2.27. The molecule has 0 spiro atoms. The van der Waals surface area contributed by atoms with Gasteiger partial charge in [-0.1, -0.05) is 61.7 Å². The molecule has 0 nitrogen and oxygen atoms in total. The molecule has 81 valence electrons. The van der Waals surface area contributed by atoms with Crippen LogP contribution >= 0.6 is 43.5 Å². The quantitative estimate of drug-likeness (QED) is 0.686. The van der Waals surface area contributed by atoms with Gasteiger partial charge in [-0.3, -0.25) is 0 Å². The third kappa shape index (κ3) is 2.88. The highest BCUT2D eigenvalue weighted by molar-refractivity contribution is 9.10. The lowest BCUT2D eigenvalue weighted by Crippen LogP contribution is -1.90. The predicted octanol–water partition coefficient (Wildman–Crippen LogP) is 5.26. The Hall–Kier alpha value is -0.310. The minimum atomic E-state index is 0.678. The molecule has 3 heteroatoms.